The number of hydrogen-bond acceptors (Lipinski definition) is 8. The van der Waals surface area contributed by atoms with Crippen molar-refractivity contribution in [3.05, 3.63) is 0 Å². The molecule has 0 fully saturated rings. The zero-order valence-electron chi connectivity index (χ0n) is 17.2. The van der Waals surface area contributed by atoms with Crippen LogP contribution in [0.5, 0.6) is 0 Å². The van der Waals surface area contributed by atoms with Crippen LogP contribution < -0.4 is 27.4 Å². The van der Waals surface area contributed by atoms with E-state index in [1.165, 1.54) is 6.92 Å². The van der Waals surface area contributed by atoms with Gasteiger partial charge in [0.25, 0.3) is 0 Å². The Morgan fingerprint density at radius 2 is 1.42 bits per heavy atom. The lowest BCUT2D eigenvalue weighted by Gasteiger charge is -2.24. The maximum atomic E-state index is 12.5. The quantitative estimate of drug-likeness (QED) is 0.130. The Balaban J connectivity index is 5.12. The Morgan fingerprint density at radius 3 is 1.87 bits per heavy atom. The first kappa shape index (κ1) is 27.7. The van der Waals surface area contributed by atoms with Gasteiger partial charge in [0, 0.05) is 12.8 Å². The van der Waals surface area contributed by atoms with E-state index in [1.807, 2.05) is 0 Å². The number of carbonyl (C=O) groups excluding carboxylic acids is 4. The molecule has 0 spiro atoms. The fraction of sp³-hybridized carbons (Fsp3) is 0.647. The van der Waals surface area contributed by atoms with Crippen LogP contribution >= 0.6 is 0 Å². The fourth-order valence-electron chi connectivity index (χ4n) is 2.29. The summed E-state index contributed by atoms with van der Waals surface area (Å²) in [4.78, 5) is 69.4. The normalized spacial score (nSPS) is 15.5. The highest BCUT2D eigenvalue weighted by Crippen LogP contribution is 2.02. The molecule has 14 nitrogen and oxygen atoms in total. The van der Waals surface area contributed by atoms with Crippen molar-refractivity contribution in [3.63, 3.8) is 0 Å². The van der Waals surface area contributed by atoms with Crippen LogP contribution in [0.2, 0.25) is 0 Å². The molecule has 0 aromatic carbocycles. The number of amides is 4. The molecule has 0 radical (unpaired) electrons. The Kier molecular flexibility index (Phi) is 11.7. The molecule has 31 heavy (non-hydrogen) atoms. The van der Waals surface area contributed by atoms with E-state index >= 15 is 0 Å². The maximum Gasteiger partial charge on any atom is 0.328 e. The average Bonchev–Trinajstić information content (AvgIpc) is 2.65. The summed E-state index contributed by atoms with van der Waals surface area (Å²) < 4.78 is 0. The Morgan fingerprint density at radius 1 is 0.839 bits per heavy atom. The van der Waals surface area contributed by atoms with Gasteiger partial charge in [-0.05, 0) is 26.7 Å². The number of carbonyl (C=O) groups is 6. The van der Waals surface area contributed by atoms with Gasteiger partial charge in [-0.3, -0.25) is 24.0 Å². The van der Waals surface area contributed by atoms with E-state index in [0.29, 0.717) is 0 Å². The van der Waals surface area contributed by atoms with E-state index in [1.54, 1.807) is 0 Å². The smallest absolute Gasteiger partial charge is 0.328 e. The summed E-state index contributed by atoms with van der Waals surface area (Å²) in [5, 5.41) is 33.6. The number of carboxylic acid groups (broad SMARTS) is 2. The van der Waals surface area contributed by atoms with Crippen molar-refractivity contribution in [2.75, 3.05) is 0 Å². The van der Waals surface area contributed by atoms with Gasteiger partial charge in [-0.25, -0.2) is 4.79 Å². The number of nitrogens with one attached hydrogen (secondary N) is 3. The minimum Gasteiger partial charge on any atom is -0.481 e. The van der Waals surface area contributed by atoms with Crippen molar-refractivity contribution < 1.29 is 44.1 Å². The molecule has 0 bridgehead atoms. The van der Waals surface area contributed by atoms with Crippen molar-refractivity contribution >= 4 is 35.6 Å². The van der Waals surface area contributed by atoms with Crippen molar-refractivity contribution in [2.45, 2.75) is 69.8 Å². The van der Waals surface area contributed by atoms with Gasteiger partial charge in [0.15, 0.2) is 6.04 Å². The van der Waals surface area contributed by atoms with Crippen LogP contribution in [-0.4, -0.2) is 81.2 Å². The minimum absolute atomic E-state index is 0.194. The zero-order chi connectivity index (χ0) is 24.3. The van der Waals surface area contributed by atoms with Crippen LogP contribution in [0.3, 0.4) is 0 Å². The molecule has 0 saturated heterocycles. The number of aliphatic hydroxyl groups is 1. The summed E-state index contributed by atoms with van der Waals surface area (Å²) in [6.07, 6.45) is -2.48. The second-order valence-corrected chi connectivity index (χ2v) is 6.90. The lowest BCUT2D eigenvalue weighted by molar-refractivity contribution is -0.145. The SMILES string of the molecule is CC(NC(=O)C(CCC(N)=O)NC(=O)C(N)CCC(=O)O)C(=O)NC(C(=O)O)C(C)O. The lowest BCUT2D eigenvalue weighted by Crippen LogP contribution is -2.57. The molecule has 0 saturated carbocycles. The number of hydrogen-bond donors (Lipinski definition) is 8. The van der Waals surface area contributed by atoms with Crippen molar-refractivity contribution in [1.82, 2.24) is 16.0 Å². The molecule has 5 unspecified atom stereocenters. The van der Waals surface area contributed by atoms with E-state index < -0.39 is 65.8 Å². The summed E-state index contributed by atoms with van der Waals surface area (Å²) >= 11 is 0. The van der Waals surface area contributed by atoms with E-state index in [0.717, 1.165) is 6.92 Å². The van der Waals surface area contributed by atoms with E-state index in [4.69, 9.17) is 21.7 Å². The number of aliphatic hydroxyl groups excluding tert-OH is 1. The van der Waals surface area contributed by atoms with Crippen molar-refractivity contribution in [1.29, 1.82) is 0 Å². The molecule has 0 aliphatic carbocycles. The molecule has 0 aliphatic heterocycles. The lowest BCUT2D eigenvalue weighted by atomic mass is 10.1. The van der Waals surface area contributed by atoms with E-state index in [9.17, 15) is 33.9 Å². The van der Waals surface area contributed by atoms with Crippen LogP contribution in [-0.2, 0) is 28.8 Å². The minimum atomic E-state index is -1.61. The van der Waals surface area contributed by atoms with Gasteiger partial charge in [-0.2, -0.15) is 0 Å². The van der Waals surface area contributed by atoms with Crippen molar-refractivity contribution in [2.24, 2.45) is 11.5 Å². The van der Waals surface area contributed by atoms with Crippen LogP contribution in [0.15, 0.2) is 0 Å². The summed E-state index contributed by atoms with van der Waals surface area (Å²) in [6, 6.07) is -5.42. The number of rotatable bonds is 14. The van der Waals surface area contributed by atoms with Crippen LogP contribution in [0.1, 0.15) is 39.5 Å². The molecule has 0 heterocycles. The Bertz CT molecular complexity index is 697. The van der Waals surface area contributed by atoms with Crippen LogP contribution in [0.4, 0.5) is 0 Å². The van der Waals surface area contributed by atoms with Gasteiger partial charge in [0.05, 0.1) is 12.1 Å². The highest BCUT2D eigenvalue weighted by atomic mass is 16.4. The standard InChI is InChI=1S/C17H29N5O9/c1-7(14(27)22-13(8(2)23)17(30)31)20-16(29)10(4-5-11(19)24)21-15(28)9(18)3-6-12(25)26/h7-10,13,23H,3-6,18H2,1-2H3,(H2,19,24)(H,20,29)(H,21,28)(H,22,27)(H,25,26)(H,30,31). The van der Waals surface area contributed by atoms with Gasteiger partial charge in [-0.15, -0.1) is 0 Å². The number of carboxylic acids is 2. The molecule has 5 atom stereocenters. The van der Waals surface area contributed by atoms with E-state index in [2.05, 4.69) is 16.0 Å². The molecular weight excluding hydrogens is 418 g/mol. The first-order valence-corrected chi connectivity index (χ1v) is 9.33. The van der Waals surface area contributed by atoms with Crippen molar-refractivity contribution in [3.8, 4) is 0 Å². The topological polar surface area (TPSA) is 251 Å². The molecule has 0 aromatic heterocycles. The highest BCUT2D eigenvalue weighted by molar-refractivity contribution is 5.94. The third-order valence-corrected chi connectivity index (χ3v) is 4.12. The molecule has 4 amide bonds. The van der Waals surface area contributed by atoms with Crippen LogP contribution in [0.25, 0.3) is 0 Å². The van der Waals surface area contributed by atoms with Gasteiger partial charge in [0.1, 0.15) is 12.1 Å². The Hall–Kier alpha value is -3.26. The maximum absolute atomic E-state index is 12.5. The predicted molar refractivity (Wildman–Crippen MR) is 104 cm³/mol. The monoisotopic (exact) mass is 447 g/mol. The highest BCUT2D eigenvalue weighted by Gasteiger charge is 2.30. The molecule has 0 rings (SSSR count). The van der Waals surface area contributed by atoms with Gasteiger partial charge in [0.2, 0.25) is 23.6 Å². The average molecular weight is 447 g/mol. The molecule has 0 aliphatic rings. The predicted octanol–water partition coefficient (Wildman–Crippen LogP) is -3.62. The number of nitrogens with two attached hydrogens (primary N) is 2. The summed E-state index contributed by atoms with van der Waals surface area (Å²) in [6.45, 7) is 2.39. The molecule has 14 heteroatoms. The molecular formula is C17H29N5O9. The number of primary amides is 1. The summed E-state index contributed by atoms with van der Waals surface area (Å²) in [7, 11) is 0. The first-order valence-electron chi connectivity index (χ1n) is 9.33. The largest absolute Gasteiger partial charge is 0.481 e. The third-order valence-electron chi connectivity index (χ3n) is 4.12. The molecule has 10 N–H and O–H groups in total. The summed E-state index contributed by atoms with van der Waals surface area (Å²) in [5.41, 5.74) is 10.6. The van der Waals surface area contributed by atoms with Gasteiger partial charge >= 0.3 is 11.9 Å². The first-order chi connectivity index (χ1) is 14.3. The number of aliphatic carboxylic acids is 2. The summed E-state index contributed by atoms with van der Waals surface area (Å²) in [5.74, 6) is -6.05. The zero-order valence-corrected chi connectivity index (χ0v) is 17.2. The van der Waals surface area contributed by atoms with E-state index in [-0.39, 0.29) is 25.7 Å². The van der Waals surface area contributed by atoms with Gasteiger partial charge < -0.3 is 42.7 Å². The van der Waals surface area contributed by atoms with Gasteiger partial charge in [-0.1, -0.05) is 0 Å². The second-order valence-electron chi connectivity index (χ2n) is 6.90. The second kappa shape index (κ2) is 13.1. The third kappa shape index (κ3) is 10.9. The molecule has 176 valence electrons. The molecule has 0 aromatic rings. The van der Waals surface area contributed by atoms with Crippen LogP contribution in [0, 0.1) is 0 Å². The Labute approximate surface area is 177 Å². The fourth-order valence-corrected chi connectivity index (χ4v) is 2.29.